The van der Waals surface area contributed by atoms with Crippen molar-refractivity contribution in [2.75, 3.05) is 26.2 Å². The molecular formula is C11H21NO4. The largest absolute Gasteiger partial charge is 0.480 e. The average molecular weight is 231 g/mol. The van der Waals surface area contributed by atoms with E-state index in [1.807, 2.05) is 6.92 Å². The predicted octanol–water partition coefficient (Wildman–Crippen LogP) is 0.323. The van der Waals surface area contributed by atoms with Crippen LogP contribution < -0.4 is 0 Å². The second-order valence-electron chi connectivity index (χ2n) is 5.41. The van der Waals surface area contributed by atoms with Gasteiger partial charge in [0.2, 0.25) is 0 Å². The third-order valence-electron chi connectivity index (χ3n) is 2.70. The summed E-state index contributed by atoms with van der Waals surface area (Å²) in [5.41, 5.74) is -0.980. The summed E-state index contributed by atoms with van der Waals surface area (Å²) in [4.78, 5) is 12.5. The standard InChI is InChI=1S/C11H21NO4/c1-10(2,15)4-5-12-7-11(3,8-12)16-6-9(13)14/h15H,4-8H2,1-3H3,(H,13,14). The number of likely N-dealkylation sites (tertiary alicyclic amines) is 1. The molecule has 1 fully saturated rings. The fourth-order valence-electron chi connectivity index (χ4n) is 1.82. The Bertz CT molecular complexity index is 253. The van der Waals surface area contributed by atoms with Crippen molar-refractivity contribution in [3.05, 3.63) is 0 Å². The maximum absolute atomic E-state index is 10.4. The van der Waals surface area contributed by atoms with Gasteiger partial charge in [-0.2, -0.15) is 0 Å². The molecule has 0 atom stereocenters. The molecule has 0 bridgehead atoms. The van der Waals surface area contributed by atoms with Gasteiger partial charge in [0.15, 0.2) is 0 Å². The first-order valence-corrected chi connectivity index (χ1v) is 5.51. The maximum atomic E-state index is 10.4. The SMILES string of the molecule is CC(C)(O)CCN1CC(C)(OCC(=O)O)C1. The van der Waals surface area contributed by atoms with Gasteiger partial charge in [0, 0.05) is 19.6 Å². The minimum Gasteiger partial charge on any atom is -0.480 e. The summed E-state index contributed by atoms with van der Waals surface area (Å²) < 4.78 is 5.29. The van der Waals surface area contributed by atoms with Gasteiger partial charge in [-0.15, -0.1) is 0 Å². The normalized spacial score (nSPS) is 20.5. The summed E-state index contributed by atoms with van der Waals surface area (Å²) in [6.45, 7) is 7.52. The quantitative estimate of drug-likeness (QED) is 0.689. The van der Waals surface area contributed by atoms with E-state index >= 15 is 0 Å². The maximum Gasteiger partial charge on any atom is 0.329 e. The Morgan fingerprint density at radius 2 is 2.06 bits per heavy atom. The van der Waals surface area contributed by atoms with Crippen molar-refractivity contribution in [2.24, 2.45) is 0 Å². The molecule has 0 aromatic heterocycles. The van der Waals surface area contributed by atoms with Crippen LogP contribution in [0.5, 0.6) is 0 Å². The zero-order valence-electron chi connectivity index (χ0n) is 10.2. The number of aliphatic hydroxyl groups is 1. The Morgan fingerprint density at radius 1 is 1.50 bits per heavy atom. The van der Waals surface area contributed by atoms with Crippen LogP contribution in [0, 0.1) is 0 Å². The molecule has 0 aromatic rings. The lowest BCUT2D eigenvalue weighted by Gasteiger charge is -2.47. The van der Waals surface area contributed by atoms with Gasteiger partial charge in [-0.1, -0.05) is 0 Å². The lowest BCUT2D eigenvalue weighted by atomic mass is 9.94. The van der Waals surface area contributed by atoms with Gasteiger partial charge < -0.3 is 14.9 Å². The van der Waals surface area contributed by atoms with E-state index < -0.39 is 11.6 Å². The third-order valence-corrected chi connectivity index (χ3v) is 2.70. The Morgan fingerprint density at radius 3 is 2.50 bits per heavy atom. The van der Waals surface area contributed by atoms with E-state index in [0.29, 0.717) is 6.42 Å². The lowest BCUT2D eigenvalue weighted by molar-refractivity contribution is -0.165. The number of hydrogen-bond donors (Lipinski definition) is 2. The molecule has 0 aromatic carbocycles. The summed E-state index contributed by atoms with van der Waals surface area (Å²) in [6.07, 6.45) is 0.710. The molecule has 0 spiro atoms. The van der Waals surface area contributed by atoms with Gasteiger partial charge in [-0.25, -0.2) is 4.79 Å². The van der Waals surface area contributed by atoms with E-state index in [1.165, 1.54) is 0 Å². The van der Waals surface area contributed by atoms with E-state index in [0.717, 1.165) is 19.6 Å². The van der Waals surface area contributed by atoms with Crippen LogP contribution in [-0.2, 0) is 9.53 Å². The topological polar surface area (TPSA) is 70.0 Å². The van der Waals surface area contributed by atoms with Crippen LogP contribution in [-0.4, -0.2) is 58.5 Å². The highest BCUT2D eigenvalue weighted by Crippen LogP contribution is 2.25. The molecule has 94 valence electrons. The van der Waals surface area contributed by atoms with Crippen molar-refractivity contribution >= 4 is 5.97 Å². The first kappa shape index (κ1) is 13.4. The monoisotopic (exact) mass is 231 g/mol. The third kappa shape index (κ3) is 4.47. The van der Waals surface area contributed by atoms with Gasteiger partial charge >= 0.3 is 5.97 Å². The van der Waals surface area contributed by atoms with Crippen molar-refractivity contribution in [2.45, 2.75) is 38.4 Å². The van der Waals surface area contributed by atoms with E-state index in [1.54, 1.807) is 13.8 Å². The average Bonchev–Trinajstić information content (AvgIpc) is 2.06. The Kier molecular flexibility index (Phi) is 3.93. The summed E-state index contributed by atoms with van der Waals surface area (Å²) in [5.74, 6) is -0.934. The molecule has 1 rings (SSSR count). The molecule has 0 unspecified atom stereocenters. The highest BCUT2D eigenvalue weighted by molar-refractivity contribution is 5.68. The van der Waals surface area contributed by atoms with Crippen LogP contribution >= 0.6 is 0 Å². The molecule has 5 nitrogen and oxygen atoms in total. The van der Waals surface area contributed by atoms with Gasteiger partial charge in [0.05, 0.1) is 11.2 Å². The summed E-state index contributed by atoms with van der Waals surface area (Å²) >= 11 is 0. The molecule has 0 saturated carbocycles. The molecule has 0 amide bonds. The van der Waals surface area contributed by atoms with Gasteiger partial charge in [0.25, 0.3) is 0 Å². The number of carbonyl (C=O) groups is 1. The highest BCUT2D eigenvalue weighted by Gasteiger charge is 2.40. The van der Waals surface area contributed by atoms with Crippen LogP contribution in [0.1, 0.15) is 27.2 Å². The van der Waals surface area contributed by atoms with Crippen molar-refractivity contribution in [1.82, 2.24) is 4.90 Å². The molecule has 5 heteroatoms. The molecule has 0 radical (unpaired) electrons. The van der Waals surface area contributed by atoms with Crippen molar-refractivity contribution < 1.29 is 19.7 Å². The predicted molar refractivity (Wildman–Crippen MR) is 59.3 cm³/mol. The zero-order valence-corrected chi connectivity index (χ0v) is 10.2. The Hall–Kier alpha value is -0.650. The first-order chi connectivity index (χ1) is 7.20. The van der Waals surface area contributed by atoms with Crippen LogP contribution in [0.4, 0.5) is 0 Å². The fraction of sp³-hybridized carbons (Fsp3) is 0.909. The Balaban J connectivity index is 2.18. The molecule has 1 aliphatic rings. The van der Waals surface area contributed by atoms with Crippen molar-refractivity contribution in [3.8, 4) is 0 Å². The molecule has 1 saturated heterocycles. The Labute approximate surface area is 96.0 Å². The van der Waals surface area contributed by atoms with E-state index in [9.17, 15) is 9.90 Å². The number of nitrogens with zero attached hydrogens (tertiary/aromatic N) is 1. The summed E-state index contributed by atoms with van der Waals surface area (Å²) in [6, 6.07) is 0. The van der Waals surface area contributed by atoms with E-state index in [4.69, 9.17) is 9.84 Å². The van der Waals surface area contributed by atoms with E-state index in [-0.39, 0.29) is 12.2 Å². The second kappa shape index (κ2) is 4.69. The summed E-state index contributed by atoms with van der Waals surface area (Å²) in [7, 11) is 0. The number of ether oxygens (including phenoxy) is 1. The number of rotatable bonds is 6. The van der Waals surface area contributed by atoms with Crippen LogP contribution in [0.2, 0.25) is 0 Å². The van der Waals surface area contributed by atoms with Crippen LogP contribution in [0.15, 0.2) is 0 Å². The molecule has 0 aliphatic carbocycles. The van der Waals surface area contributed by atoms with Gasteiger partial charge in [-0.05, 0) is 27.2 Å². The molecule has 1 heterocycles. The minimum absolute atomic E-state index is 0.240. The van der Waals surface area contributed by atoms with E-state index in [2.05, 4.69) is 4.90 Å². The highest BCUT2D eigenvalue weighted by atomic mass is 16.5. The number of aliphatic carboxylic acids is 1. The second-order valence-corrected chi connectivity index (χ2v) is 5.41. The smallest absolute Gasteiger partial charge is 0.329 e. The minimum atomic E-state index is -0.934. The van der Waals surface area contributed by atoms with Crippen molar-refractivity contribution in [3.63, 3.8) is 0 Å². The molecule has 16 heavy (non-hydrogen) atoms. The lowest BCUT2D eigenvalue weighted by Crippen LogP contribution is -2.62. The fourth-order valence-corrected chi connectivity index (χ4v) is 1.82. The van der Waals surface area contributed by atoms with Gasteiger partial charge in [0.1, 0.15) is 6.61 Å². The molecule has 2 N–H and O–H groups in total. The van der Waals surface area contributed by atoms with Crippen molar-refractivity contribution in [1.29, 1.82) is 0 Å². The van der Waals surface area contributed by atoms with Crippen LogP contribution in [0.25, 0.3) is 0 Å². The molecule has 1 aliphatic heterocycles. The number of hydrogen-bond acceptors (Lipinski definition) is 4. The molecular weight excluding hydrogens is 210 g/mol. The number of carboxylic acids is 1. The zero-order chi connectivity index (χ0) is 12.4. The summed E-state index contributed by atoms with van der Waals surface area (Å²) in [5, 5.41) is 18.1. The first-order valence-electron chi connectivity index (χ1n) is 5.51. The van der Waals surface area contributed by atoms with Crippen LogP contribution in [0.3, 0.4) is 0 Å². The van der Waals surface area contributed by atoms with Gasteiger partial charge in [-0.3, -0.25) is 4.90 Å². The number of carboxylic acid groups (broad SMARTS) is 1.